The highest BCUT2D eigenvalue weighted by Crippen LogP contribution is 2.29. The van der Waals surface area contributed by atoms with Gasteiger partial charge in [-0.1, -0.05) is 29.8 Å². The zero-order chi connectivity index (χ0) is 23.5. The highest BCUT2D eigenvalue weighted by atomic mass is 32.1. The number of hydrogen-bond donors (Lipinski definition) is 1. The van der Waals surface area contributed by atoms with Crippen molar-refractivity contribution in [3.63, 3.8) is 0 Å². The van der Waals surface area contributed by atoms with E-state index in [1.165, 1.54) is 23.5 Å². The molecule has 5 nitrogen and oxygen atoms in total. The van der Waals surface area contributed by atoms with Crippen molar-refractivity contribution in [3.8, 4) is 0 Å². The SMILES string of the molecule is Cc1cccc(C(=O)N=c2sc(C)cn2[C@H](C)C(=O)NCc2cccc(C(F)(F)F)c2)c1. The number of hydrogen-bond acceptors (Lipinski definition) is 3. The lowest BCUT2D eigenvalue weighted by atomic mass is 10.1. The largest absolute Gasteiger partial charge is 0.416 e. The molecule has 0 saturated carbocycles. The summed E-state index contributed by atoms with van der Waals surface area (Å²) in [6.45, 7) is 5.31. The Kier molecular flexibility index (Phi) is 6.98. The molecule has 1 heterocycles. The average Bonchev–Trinajstić information content (AvgIpc) is 3.10. The van der Waals surface area contributed by atoms with Crippen LogP contribution < -0.4 is 10.1 Å². The average molecular weight is 462 g/mol. The highest BCUT2D eigenvalue weighted by Gasteiger charge is 2.30. The summed E-state index contributed by atoms with van der Waals surface area (Å²) in [4.78, 5) is 30.7. The lowest BCUT2D eigenvalue weighted by Gasteiger charge is -2.14. The zero-order valence-corrected chi connectivity index (χ0v) is 18.6. The minimum absolute atomic E-state index is 0.0501. The first-order chi connectivity index (χ1) is 15.0. The van der Waals surface area contributed by atoms with Gasteiger partial charge in [0, 0.05) is 23.2 Å². The minimum Gasteiger partial charge on any atom is -0.350 e. The third-order valence-electron chi connectivity index (χ3n) is 4.77. The van der Waals surface area contributed by atoms with E-state index in [9.17, 15) is 22.8 Å². The molecule has 32 heavy (non-hydrogen) atoms. The van der Waals surface area contributed by atoms with E-state index in [0.717, 1.165) is 22.6 Å². The second-order valence-corrected chi connectivity index (χ2v) is 8.62. The molecule has 3 rings (SSSR count). The summed E-state index contributed by atoms with van der Waals surface area (Å²) in [5, 5.41) is 2.66. The first kappa shape index (κ1) is 23.5. The molecule has 2 amide bonds. The first-order valence-corrected chi connectivity index (χ1v) is 10.6. The molecule has 0 spiro atoms. The van der Waals surface area contributed by atoms with E-state index in [4.69, 9.17) is 0 Å². The van der Waals surface area contributed by atoms with E-state index in [1.54, 1.807) is 35.9 Å². The maximum absolute atomic E-state index is 12.9. The fourth-order valence-electron chi connectivity index (χ4n) is 3.08. The van der Waals surface area contributed by atoms with Crippen LogP contribution in [0.15, 0.2) is 59.7 Å². The molecule has 0 aliphatic rings. The Bertz CT molecular complexity index is 1210. The van der Waals surface area contributed by atoms with Crippen LogP contribution >= 0.6 is 11.3 Å². The van der Waals surface area contributed by atoms with E-state index in [-0.39, 0.29) is 6.54 Å². The number of alkyl halides is 3. The molecule has 9 heteroatoms. The van der Waals surface area contributed by atoms with Crippen LogP contribution in [-0.2, 0) is 17.5 Å². The molecular weight excluding hydrogens is 439 g/mol. The van der Waals surface area contributed by atoms with E-state index in [1.807, 2.05) is 19.9 Å². The predicted molar refractivity (Wildman–Crippen MR) is 116 cm³/mol. The van der Waals surface area contributed by atoms with Gasteiger partial charge in [0.05, 0.1) is 5.56 Å². The van der Waals surface area contributed by atoms with Gasteiger partial charge in [-0.2, -0.15) is 18.2 Å². The molecule has 1 aromatic heterocycles. The number of amides is 2. The van der Waals surface area contributed by atoms with E-state index in [2.05, 4.69) is 10.3 Å². The first-order valence-electron chi connectivity index (χ1n) is 9.83. The van der Waals surface area contributed by atoms with Crippen molar-refractivity contribution in [3.05, 3.63) is 86.7 Å². The number of benzene rings is 2. The number of halogens is 3. The molecule has 0 unspecified atom stereocenters. The van der Waals surface area contributed by atoms with Crippen LogP contribution in [0.5, 0.6) is 0 Å². The summed E-state index contributed by atoms with van der Waals surface area (Å²) in [5.74, 6) is -0.814. The summed E-state index contributed by atoms with van der Waals surface area (Å²) < 4.78 is 40.2. The number of carbonyl (C=O) groups is 2. The Balaban J connectivity index is 1.77. The third-order valence-corrected chi connectivity index (χ3v) is 5.69. The number of thiazole rings is 1. The normalized spacial score (nSPS) is 13.1. The maximum Gasteiger partial charge on any atom is 0.416 e. The van der Waals surface area contributed by atoms with Gasteiger partial charge in [0.15, 0.2) is 4.80 Å². The van der Waals surface area contributed by atoms with E-state index in [0.29, 0.717) is 15.9 Å². The molecule has 168 valence electrons. The Morgan fingerprint density at radius 3 is 2.53 bits per heavy atom. The van der Waals surface area contributed by atoms with Crippen molar-refractivity contribution >= 4 is 23.2 Å². The zero-order valence-electron chi connectivity index (χ0n) is 17.7. The van der Waals surface area contributed by atoms with Gasteiger partial charge in [-0.25, -0.2) is 0 Å². The fraction of sp³-hybridized carbons (Fsp3) is 0.261. The van der Waals surface area contributed by atoms with Gasteiger partial charge in [-0.15, -0.1) is 11.3 Å². The Morgan fingerprint density at radius 2 is 1.84 bits per heavy atom. The molecule has 3 aromatic rings. The van der Waals surface area contributed by atoms with Gasteiger partial charge in [0.25, 0.3) is 5.91 Å². The smallest absolute Gasteiger partial charge is 0.350 e. The van der Waals surface area contributed by atoms with Crippen LogP contribution in [-0.4, -0.2) is 16.4 Å². The number of aromatic nitrogens is 1. The van der Waals surface area contributed by atoms with E-state index >= 15 is 0 Å². The standard InChI is InChI=1S/C23H22F3N3O2S/c1-14-6-4-8-18(10-14)21(31)28-22-29(13-15(2)32-22)16(3)20(30)27-12-17-7-5-9-19(11-17)23(24,25)26/h4-11,13,16H,12H2,1-3H3,(H,27,30)/t16-/m1/s1. The quantitative estimate of drug-likeness (QED) is 0.593. The number of nitrogens with one attached hydrogen (secondary N) is 1. The van der Waals surface area contributed by atoms with Gasteiger partial charge in [0.1, 0.15) is 6.04 Å². The second-order valence-electron chi connectivity index (χ2n) is 7.41. The third kappa shape index (κ3) is 5.73. The molecule has 2 aromatic carbocycles. The van der Waals surface area contributed by atoms with Gasteiger partial charge in [-0.05, 0) is 50.6 Å². The molecule has 0 fully saturated rings. The molecular formula is C23H22F3N3O2S. The maximum atomic E-state index is 12.9. The van der Waals surface area contributed by atoms with Crippen LogP contribution in [0.25, 0.3) is 0 Å². The number of aryl methyl sites for hydroxylation is 2. The Labute approximate surface area is 187 Å². The summed E-state index contributed by atoms with van der Waals surface area (Å²) in [6.07, 6.45) is -2.72. The highest BCUT2D eigenvalue weighted by molar-refractivity contribution is 7.09. The van der Waals surface area contributed by atoms with Crippen LogP contribution in [0.2, 0.25) is 0 Å². The van der Waals surface area contributed by atoms with Crippen LogP contribution in [0.3, 0.4) is 0 Å². The van der Waals surface area contributed by atoms with Crippen molar-refractivity contribution in [2.24, 2.45) is 4.99 Å². The van der Waals surface area contributed by atoms with Gasteiger partial charge in [-0.3, -0.25) is 9.59 Å². The molecule has 1 atom stereocenters. The molecule has 0 bridgehead atoms. The van der Waals surface area contributed by atoms with Crippen LogP contribution in [0, 0.1) is 13.8 Å². The lowest BCUT2D eigenvalue weighted by Crippen LogP contribution is -2.34. The monoisotopic (exact) mass is 461 g/mol. The fourth-order valence-corrected chi connectivity index (χ4v) is 3.98. The molecule has 0 aliphatic heterocycles. The summed E-state index contributed by atoms with van der Waals surface area (Å²) in [7, 11) is 0. The topological polar surface area (TPSA) is 63.5 Å². The van der Waals surface area contributed by atoms with Gasteiger partial charge < -0.3 is 9.88 Å². The predicted octanol–water partition coefficient (Wildman–Crippen LogP) is 4.80. The molecule has 0 aliphatic carbocycles. The van der Waals surface area contributed by atoms with Gasteiger partial charge >= 0.3 is 6.18 Å². The van der Waals surface area contributed by atoms with Crippen molar-refractivity contribution in [1.82, 2.24) is 9.88 Å². The Morgan fingerprint density at radius 1 is 1.12 bits per heavy atom. The number of nitrogens with zero attached hydrogens (tertiary/aromatic N) is 2. The second kappa shape index (κ2) is 9.52. The van der Waals surface area contributed by atoms with Crippen LogP contribution in [0.4, 0.5) is 13.2 Å². The number of rotatable bonds is 5. The van der Waals surface area contributed by atoms with Gasteiger partial charge in [0.2, 0.25) is 5.91 Å². The van der Waals surface area contributed by atoms with Crippen molar-refractivity contribution in [1.29, 1.82) is 0 Å². The van der Waals surface area contributed by atoms with E-state index < -0.39 is 29.6 Å². The summed E-state index contributed by atoms with van der Waals surface area (Å²) >= 11 is 1.28. The van der Waals surface area contributed by atoms with Crippen molar-refractivity contribution in [2.45, 2.75) is 39.5 Å². The van der Waals surface area contributed by atoms with Crippen molar-refractivity contribution < 1.29 is 22.8 Å². The minimum atomic E-state index is -4.45. The molecule has 1 N–H and O–H groups in total. The summed E-state index contributed by atoms with van der Waals surface area (Å²) in [6, 6.07) is 11.2. The van der Waals surface area contributed by atoms with Crippen molar-refractivity contribution in [2.75, 3.05) is 0 Å². The molecule has 0 radical (unpaired) electrons. The lowest BCUT2D eigenvalue weighted by molar-refractivity contribution is -0.137. The Hall–Kier alpha value is -3.20. The number of carbonyl (C=O) groups excluding carboxylic acids is 2. The molecule has 0 saturated heterocycles. The van der Waals surface area contributed by atoms with Crippen LogP contribution in [0.1, 0.15) is 44.9 Å². The summed E-state index contributed by atoms with van der Waals surface area (Å²) in [5.41, 5.74) is 0.954.